The zero-order valence-corrected chi connectivity index (χ0v) is 15.6. The number of carbonyl (C=O) groups is 1. The molecule has 6 nitrogen and oxygen atoms in total. The van der Waals surface area contributed by atoms with Crippen LogP contribution in [-0.2, 0) is 20.8 Å². The molecule has 0 saturated carbocycles. The molecule has 0 aromatic heterocycles. The fourth-order valence-electron chi connectivity index (χ4n) is 2.44. The van der Waals surface area contributed by atoms with Crippen molar-refractivity contribution in [1.82, 2.24) is 0 Å². The van der Waals surface area contributed by atoms with Crippen molar-refractivity contribution >= 4 is 11.7 Å². The molecule has 6 heteroatoms. The molecule has 0 fully saturated rings. The van der Waals surface area contributed by atoms with Gasteiger partial charge in [0.25, 0.3) is 0 Å². The molecule has 0 bridgehead atoms. The topological polar surface area (TPSA) is 77.3 Å². The van der Waals surface area contributed by atoms with E-state index in [4.69, 9.17) is 19.4 Å². The molecule has 0 aliphatic heterocycles. The highest BCUT2D eigenvalue weighted by molar-refractivity contribution is 6.01. The molecule has 0 heterocycles. The molecule has 0 radical (unpaired) electrons. The van der Waals surface area contributed by atoms with Gasteiger partial charge in [-0.1, -0.05) is 47.6 Å². The number of carboxylic acid groups (broad SMARTS) is 1. The van der Waals surface area contributed by atoms with Gasteiger partial charge in [-0.25, -0.2) is 4.79 Å². The molecule has 2 rings (SSSR count). The van der Waals surface area contributed by atoms with Crippen LogP contribution in [0.15, 0.2) is 59.8 Å². The maximum Gasteiger partial charge on any atom is 0.333 e. The first kappa shape index (κ1) is 20.5. The Morgan fingerprint density at radius 3 is 2.33 bits per heavy atom. The van der Waals surface area contributed by atoms with Gasteiger partial charge in [0.05, 0.1) is 0 Å². The SMILES string of the molecule is CCO/N=C(\COc1ccc(CC(OCC)C(=O)O)cc1)c1ccccc1. The Bertz CT molecular complexity index is 728. The molecule has 0 amide bonds. The van der Waals surface area contributed by atoms with E-state index < -0.39 is 12.1 Å². The van der Waals surface area contributed by atoms with E-state index in [2.05, 4.69) is 5.16 Å². The molecule has 144 valence electrons. The summed E-state index contributed by atoms with van der Waals surface area (Å²) in [6.07, 6.45) is -0.533. The second-order valence-corrected chi connectivity index (χ2v) is 5.74. The average Bonchev–Trinajstić information content (AvgIpc) is 2.69. The van der Waals surface area contributed by atoms with Crippen molar-refractivity contribution in [2.75, 3.05) is 19.8 Å². The molecule has 1 atom stereocenters. The van der Waals surface area contributed by atoms with Gasteiger partial charge in [-0.3, -0.25) is 0 Å². The molecule has 1 unspecified atom stereocenters. The smallest absolute Gasteiger partial charge is 0.333 e. The number of rotatable bonds is 11. The minimum absolute atomic E-state index is 0.264. The maximum absolute atomic E-state index is 11.2. The van der Waals surface area contributed by atoms with Gasteiger partial charge in [-0.05, 0) is 31.5 Å². The number of carboxylic acids is 1. The third kappa shape index (κ3) is 6.75. The summed E-state index contributed by atoms with van der Waals surface area (Å²) in [5.74, 6) is -0.293. The van der Waals surface area contributed by atoms with Gasteiger partial charge in [-0.15, -0.1) is 0 Å². The Morgan fingerprint density at radius 2 is 1.74 bits per heavy atom. The van der Waals surface area contributed by atoms with Crippen LogP contribution in [0.4, 0.5) is 0 Å². The summed E-state index contributed by atoms with van der Waals surface area (Å²) in [6.45, 7) is 4.76. The van der Waals surface area contributed by atoms with E-state index >= 15 is 0 Å². The quantitative estimate of drug-likeness (QED) is 0.483. The van der Waals surface area contributed by atoms with Crippen LogP contribution in [-0.4, -0.2) is 42.7 Å². The van der Waals surface area contributed by atoms with Crippen LogP contribution >= 0.6 is 0 Å². The molecule has 0 saturated heterocycles. The Kier molecular flexibility index (Phi) is 8.32. The predicted molar refractivity (Wildman–Crippen MR) is 103 cm³/mol. The first-order valence-corrected chi connectivity index (χ1v) is 8.94. The van der Waals surface area contributed by atoms with Crippen molar-refractivity contribution < 1.29 is 24.2 Å². The van der Waals surface area contributed by atoms with Gasteiger partial charge in [0.1, 0.15) is 24.7 Å². The van der Waals surface area contributed by atoms with E-state index in [0.717, 1.165) is 11.1 Å². The Morgan fingerprint density at radius 1 is 1.04 bits per heavy atom. The Labute approximate surface area is 159 Å². The molecule has 27 heavy (non-hydrogen) atoms. The standard InChI is InChI=1S/C21H25NO5/c1-3-25-20(21(23)24)14-16-10-12-18(13-11-16)26-15-19(22-27-4-2)17-8-6-5-7-9-17/h5-13,20H,3-4,14-15H2,1-2H3,(H,23,24)/b22-19+. The summed E-state index contributed by atoms with van der Waals surface area (Å²) in [4.78, 5) is 16.4. The molecule has 1 N–H and O–H groups in total. The molecule has 0 spiro atoms. The van der Waals surface area contributed by atoms with Crippen LogP contribution in [0, 0.1) is 0 Å². The van der Waals surface area contributed by atoms with Gasteiger partial charge in [0, 0.05) is 18.6 Å². The number of aliphatic carboxylic acids is 1. The van der Waals surface area contributed by atoms with Crippen molar-refractivity contribution in [2.24, 2.45) is 5.16 Å². The van der Waals surface area contributed by atoms with E-state index in [1.807, 2.05) is 61.5 Å². The number of oxime groups is 1. The summed E-state index contributed by atoms with van der Waals surface area (Å²) in [7, 11) is 0. The number of hydrogen-bond donors (Lipinski definition) is 1. The zero-order chi connectivity index (χ0) is 19.5. The summed E-state index contributed by atoms with van der Waals surface area (Å²) < 4.78 is 11.1. The molecular formula is C21H25NO5. The molecular weight excluding hydrogens is 346 g/mol. The first-order chi connectivity index (χ1) is 13.1. The van der Waals surface area contributed by atoms with Crippen molar-refractivity contribution in [1.29, 1.82) is 0 Å². The lowest BCUT2D eigenvalue weighted by molar-refractivity contribution is -0.149. The summed E-state index contributed by atoms with van der Waals surface area (Å²) in [5, 5.41) is 13.3. The predicted octanol–water partition coefficient (Wildman–Crippen LogP) is 3.54. The minimum atomic E-state index is -0.961. The van der Waals surface area contributed by atoms with Crippen LogP contribution in [0.25, 0.3) is 0 Å². The molecule has 0 aliphatic rings. The normalized spacial score (nSPS) is 12.4. The Hall–Kier alpha value is -2.86. The minimum Gasteiger partial charge on any atom is -0.487 e. The van der Waals surface area contributed by atoms with Crippen LogP contribution in [0.5, 0.6) is 5.75 Å². The highest BCUT2D eigenvalue weighted by atomic mass is 16.6. The largest absolute Gasteiger partial charge is 0.487 e. The van der Waals surface area contributed by atoms with E-state index in [0.29, 0.717) is 31.1 Å². The van der Waals surface area contributed by atoms with Gasteiger partial charge in [0.2, 0.25) is 0 Å². The van der Waals surface area contributed by atoms with Gasteiger partial charge >= 0.3 is 5.97 Å². The van der Waals surface area contributed by atoms with E-state index in [9.17, 15) is 4.79 Å². The maximum atomic E-state index is 11.2. The fourth-order valence-corrected chi connectivity index (χ4v) is 2.44. The fraction of sp³-hybridized carbons (Fsp3) is 0.333. The van der Waals surface area contributed by atoms with Crippen LogP contribution < -0.4 is 4.74 Å². The van der Waals surface area contributed by atoms with E-state index in [1.165, 1.54) is 0 Å². The number of nitrogens with zero attached hydrogens (tertiary/aromatic N) is 1. The molecule has 2 aromatic carbocycles. The number of ether oxygens (including phenoxy) is 2. The lowest BCUT2D eigenvalue weighted by atomic mass is 10.1. The molecule has 2 aromatic rings. The highest BCUT2D eigenvalue weighted by Crippen LogP contribution is 2.15. The third-order valence-electron chi connectivity index (χ3n) is 3.77. The van der Waals surface area contributed by atoms with Crippen LogP contribution in [0.2, 0.25) is 0 Å². The van der Waals surface area contributed by atoms with Crippen LogP contribution in [0.3, 0.4) is 0 Å². The lowest BCUT2D eigenvalue weighted by Gasteiger charge is -2.13. The number of hydrogen-bond acceptors (Lipinski definition) is 5. The van der Waals surface area contributed by atoms with E-state index in [-0.39, 0.29) is 6.61 Å². The molecule has 0 aliphatic carbocycles. The van der Waals surface area contributed by atoms with Gasteiger partial charge in [0.15, 0.2) is 6.10 Å². The van der Waals surface area contributed by atoms with Crippen molar-refractivity contribution in [2.45, 2.75) is 26.4 Å². The summed E-state index contributed by atoms with van der Waals surface area (Å²) in [5.41, 5.74) is 2.50. The highest BCUT2D eigenvalue weighted by Gasteiger charge is 2.17. The second-order valence-electron chi connectivity index (χ2n) is 5.74. The summed E-state index contributed by atoms with van der Waals surface area (Å²) in [6, 6.07) is 17.0. The Balaban J connectivity index is 1.99. The van der Waals surface area contributed by atoms with Gasteiger partial charge in [-0.2, -0.15) is 0 Å². The van der Waals surface area contributed by atoms with Gasteiger partial charge < -0.3 is 19.4 Å². The number of benzene rings is 2. The average molecular weight is 371 g/mol. The van der Waals surface area contributed by atoms with Crippen LogP contribution in [0.1, 0.15) is 25.0 Å². The van der Waals surface area contributed by atoms with Crippen molar-refractivity contribution in [3.8, 4) is 5.75 Å². The van der Waals surface area contributed by atoms with Crippen molar-refractivity contribution in [3.63, 3.8) is 0 Å². The monoisotopic (exact) mass is 371 g/mol. The van der Waals surface area contributed by atoms with Crippen molar-refractivity contribution in [3.05, 3.63) is 65.7 Å². The lowest BCUT2D eigenvalue weighted by Crippen LogP contribution is -2.26. The second kappa shape index (κ2) is 11.0. The van der Waals surface area contributed by atoms with E-state index in [1.54, 1.807) is 6.92 Å². The third-order valence-corrected chi connectivity index (χ3v) is 3.77. The zero-order valence-electron chi connectivity index (χ0n) is 15.6. The summed E-state index contributed by atoms with van der Waals surface area (Å²) >= 11 is 0. The first-order valence-electron chi connectivity index (χ1n) is 8.94.